The topological polar surface area (TPSA) is 53.4 Å². The van der Waals surface area contributed by atoms with Gasteiger partial charge in [-0.05, 0) is 38.4 Å². The second-order valence-electron chi connectivity index (χ2n) is 5.21. The molecule has 1 aromatic rings. The number of hydrogen-bond donors (Lipinski definition) is 1. The zero-order chi connectivity index (χ0) is 13.7. The molecule has 0 bridgehead atoms. The summed E-state index contributed by atoms with van der Waals surface area (Å²) in [5.41, 5.74) is 0.938. The minimum absolute atomic E-state index is 0.179. The second-order valence-corrected chi connectivity index (χ2v) is 6.15. The van der Waals surface area contributed by atoms with Crippen molar-refractivity contribution in [2.24, 2.45) is 5.92 Å². The Morgan fingerprint density at radius 1 is 1.53 bits per heavy atom. The highest BCUT2D eigenvalue weighted by atomic mass is 32.1. The third-order valence-electron chi connectivity index (χ3n) is 3.81. The molecule has 0 unspecified atom stereocenters. The van der Waals surface area contributed by atoms with Crippen LogP contribution in [0.1, 0.15) is 36.9 Å². The van der Waals surface area contributed by atoms with Gasteiger partial charge in [-0.1, -0.05) is 6.92 Å². The molecule has 5 heteroatoms. The van der Waals surface area contributed by atoms with Gasteiger partial charge in [0.1, 0.15) is 0 Å². The number of nitrogens with zero attached hydrogens (tertiary/aromatic N) is 2. The zero-order valence-electron chi connectivity index (χ0n) is 11.5. The van der Waals surface area contributed by atoms with Crippen LogP contribution >= 0.6 is 11.3 Å². The fraction of sp³-hybridized carbons (Fsp3) is 0.714. The molecule has 0 atom stereocenters. The molecule has 0 saturated carbocycles. The monoisotopic (exact) mass is 282 g/mol. The predicted octanol–water partition coefficient (Wildman–Crippen LogP) is 2.43. The van der Waals surface area contributed by atoms with Crippen molar-refractivity contribution in [3.05, 3.63) is 16.1 Å². The van der Waals surface area contributed by atoms with Gasteiger partial charge in [0.05, 0.1) is 17.1 Å². The van der Waals surface area contributed by atoms with Gasteiger partial charge in [0.15, 0.2) is 0 Å². The van der Waals surface area contributed by atoms with Crippen molar-refractivity contribution in [3.8, 4) is 0 Å². The Morgan fingerprint density at radius 2 is 2.26 bits per heavy atom. The van der Waals surface area contributed by atoms with Gasteiger partial charge < -0.3 is 10.0 Å². The molecule has 0 aromatic carbocycles. The molecule has 19 heavy (non-hydrogen) atoms. The third kappa shape index (κ3) is 4.58. The number of piperidine rings is 1. The predicted molar refractivity (Wildman–Crippen MR) is 76.6 cm³/mol. The lowest BCUT2D eigenvalue weighted by Crippen LogP contribution is -2.34. The maximum Gasteiger partial charge on any atom is 0.303 e. The van der Waals surface area contributed by atoms with Crippen molar-refractivity contribution >= 4 is 17.3 Å². The van der Waals surface area contributed by atoms with Crippen LogP contribution in [0.3, 0.4) is 0 Å². The maximum atomic E-state index is 10.5. The van der Waals surface area contributed by atoms with Crippen LogP contribution in [-0.4, -0.2) is 40.6 Å². The van der Waals surface area contributed by atoms with Gasteiger partial charge in [-0.15, -0.1) is 11.3 Å². The van der Waals surface area contributed by atoms with E-state index >= 15 is 0 Å². The molecule has 2 heterocycles. The summed E-state index contributed by atoms with van der Waals surface area (Å²) in [7, 11) is 0. The highest BCUT2D eigenvalue weighted by Gasteiger charge is 2.19. The van der Waals surface area contributed by atoms with Crippen LogP contribution in [0.4, 0.5) is 0 Å². The Hall–Kier alpha value is -0.940. The number of carbonyl (C=O) groups is 1. The van der Waals surface area contributed by atoms with Crippen molar-refractivity contribution in [2.75, 3.05) is 19.6 Å². The summed E-state index contributed by atoms with van der Waals surface area (Å²) >= 11 is 1.68. The number of aliphatic carboxylic acids is 1. The van der Waals surface area contributed by atoms with E-state index in [2.05, 4.69) is 16.8 Å². The van der Waals surface area contributed by atoms with E-state index in [1.807, 2.05) is 5.38 Å². The van der Waals surface area contributed by atoms with E-state index in [0.29, 0.717) is 6.42 Å². The first kappa shape index (κ1) is 14.5. The molecule has 0 radical (unpaired) electrons. The Balaban J connectivity index is 1.78. The fourth-order valence-corrected chi connectivity index (χ4v) is 3.49. The molecule has 1 aliphatic heterocycles. The lowest BCUT2D eigenvalue weighted by molar-refractivity contribution is -0.136. The van der Waals surface area contributed by atoms with Crippen molar-refractivity contribution in [1.29, 1.82) is 0 Å². The van der Waals surface area contributed by atoms with Crippen LogP contribution in [0.2, 0.25) is 0 Å². The minimum atomic E-state index is -0.749. The molecule has 106 valence electrons. The molecule has 0 spiro atoms. The van der Waals surface area contributed by atoms with E-state index in [-0.39, 0.29) is 6.42 Å². The molecule has 4 nitrogen and oxygen atoms in total. The van der Waals surface area contributed by atoms with Crippen LogP contribution in [0.5, 0.6) is 0 Å². The Kier molecular flexibility index (Phi) is 5.34. The van der Waals surface area contributed by atoms with Gasteiger partial charge in [0.2, 0.25) is 0 Å². The van der Waals surface area contributed by atoms with Crippen LogP contribution in [0, 0.1) is 5.92 Å². The Labute approximate surface area is 118 Å². The molecule has 1 saturated heterocycles. The van der Waals surface area contributed by atoms with E-state index < -0.39 is 5.97 Å². The molecule has 2 rings (SSSR count). The van der Waals surface area contributed by atoms with Gasteiger partial charge in [-0.25, -0.2) is 4.98 Å². The molecule has 0 amide bonds. The first-order valence-electron chi connectivity index (χ1n) is 7.04. The van der Waals surface area contributed by atoms with Crippen molar-refractivity contribution in [3.63, 3.8) is 0 Å². The number of thiazole rings is 1. The number of likely N-dealkylation sites (tertiary alicyclic amines) is 1. The van der Waals surface area contributed by atoms with Crippen molar-refractivity contribution in [2.45, 2.75) is 39.0 Å². The Bertz CT molecular complexity index is 411. The molecule has 1 fully saturated rings. The van der Waals surface area contributed by atoms with Crippen LogP contribution in [0.25, 0.3) is 0 Å². The fourth-order valence-electron chi connectivity index (χ4n) is 2.55. The Morgan fingerprint density at radius 3 is 2.89 bits per heavy atom. The molecular formula is C14H22N2O2S. The normalized spacial score (nSPS) is 17.7. The van der Waals surface area contributed by atoms with E-state index in [0.717, 1.165) is 24.6 Å². The smallest absolute Gasteiger partial charge is 0.303 e. The third-order valence-corrected chi connectivity index (χ3v) is 4.73. The largest absolute Gasteiger partial charge is 0.481 e. The molecule has 1 aromatic heterocycles. The number of hydrogen-bond acceptors (Lipinski definition) is 4. The summed E-state index contributed by atoms with van der Waals surface area (Å²) in [5, 5.41) is 11.9. The highest BCUT2D eigenvalue weighted by Crippen LogP contribution is 2.23. The number of carboxylic acids is 1. The summed E-state index contributed by atoms with van der Waals surface area (Å²) in [5.74, 6) is 0.00256. The van der Waals surface area contributed by atoms with E-state index in [9.17, 15) is 4.79 Å². The quantitative estimate of drug-likeness (QED) is 0.870. The van der Waals surface area contributed by atoms with E-state index in [1.165, 1.54) is 30.9 Å². The average Bonchev–Trinajstić information content (AvgIpc) is 2.85. The van der Waals surface area contributed by atoms with Gasteiger partial charge in [-0.2, -0.15) is 0 Å². The number of aromatic nitrogens is 1. The van der Waals surface area contributed by atoms with Crippen molar-refractivity contribution < 1.29 is 9.90 Å². The summed E-state index contributed by atoms with van der Waals surface area (Å²) < 4.78 is 0. The van der Waals surface area contributed by atoms with Crippen LogP contribution < -0.4 is 0 Å². The first-order valence-corrected chi connectivity index (χ1v) is 7.92. The molecule has 0 aliphatic carbocycles. The van der Waals surface area contributed by atoms with E-state index in [1.54, 1.807) is 11.3 Å². The van der Waals surface area contributed by atoms with Crippen molar-refractivity contribution in [1.82, 2.24) is 9.88 Å². The van der Waals surface area contributed by atoms with Gasteiger partial charge in [0, 0.05) is 18.2 Å². The summed E-state index contributed by atoms with van der Waals surface area (Å²) in [6.45, 7) is 5.79. The highest BCUT2D eigenvalue weighted by molar-refractivity contribution is 7.09. The second kappa shape index (κ2) is 7.01. The number of carboxylic acid groups (broad SMARTS) is 1. The number of rotatable bonds is 6. The average molecular weight is 282 g/mol. The number of aryl methyl sites for hydroxylation is 1. The van der Waals surface area contributed by atoms with Gasteiger partial charge in [-0.3, -0.25) is 4.79 Å². The molecular weight excluding hydrogens is 260 g/mol. The van der Waals surface area contributed by atoms with Crippen LogP contribution in [-0.2, 0) is 17.6 Å². The van der Waals surface area contributed by atoms with Gasteiger partial charge >= 0.3 is 5.97 Å². The summed E-state index contributed by atoms with van der Waals surface area (Å²) in [4.78, 5) is 17.6. The van der Waals surface area contributed by atoms with Crippen LogP contribution in [0.15, 0.2) is 5.38 Å². The minimum Gasteiger partial charge on any atom is -0.481 e. The first-order chi connectivity index (χ1) is 9.17. The lowest BCUT2D eigenvalue weighted by atomic mass is 9.94. The SMILES string of the molecule is CCN1CCC(Cc2nc(CCC(=O)O)cs2)CC1. The summed E-state index contributed by atoms with van der Waals surface area (Å²) in [6, 6.07) is 0. The summed E-state index contributed by atoms with van der Waals surface area (Å²) in [6.07, 6.45) is 4.32. The maximum absolute atomic E-state index is 10.5. The molecule has 1 N–H and O–H groups in total. The zero-order valence-corrected chi connectivity index (χ0v) is 12.3. The van der Waals surface area contributed by atoms with E-state index in [4.69, 9.17) is 5.11 Å². The molecule has 1 aliphatic rings. The lowest BCUT2D eigenvalue weighted by Gasteiger charge is -2.30. The standard InChI is InChI=1S/C14H22N2O2S/c1-2-16-7-5-11(6-8-16)9-13-15-12(10-19-13)3-4-14(17)18/h10-11H,2-9H2,1H3,(H,17,18). The van der Waals surface area contributed by atoms with Gasteiger partial charge in [0.25, 0.3) is 0 Å².